The van der Waals surface area contributed by atoms with Crippen molar-refractivity contribution in [1.82, 2.24) is 4.98 Å². The van der Waals surface area contributed by atoms with Crippen LogP contribution in [0.3, 0.4) is 0 Å². The molecular formula is C9H14BNO2. The molecule has 1 aromatic rings. The summed E-state index contributed by atoms with van der Waals surface area (Å²) in [4.78, 5) is 3.25. The quantitative estimate of drug-likeness (QED) is 0.659. The lowest BCUT2D eigenvalue weighted by molar-refractivity contribution is 0.425. The van der Waals surface area contributed by atoms with Crippen LogP contribution >= 0.6 is 0 Å². The topological polar surface area (TPSA) is 53.4 Å². The zero-order valence-electron chi connectivity index (χ0n) is 18.4. The third kappa shape index (κ3) is 3.16. The van der Waals surface area contributed by atoms with E-state index in [0.29, 0.717) is 0 Å². The van der Waals surface area contributed by atoms with Crippen LogP contribution in [0.25, 0.3) is 0 Å². The Labute approximate surface area is 95.5 Å². The minimum Gasteiger partial charge on any atom is -0.423 e. The first-order valence-electron chi connectivity index (χ1n) is 9.25. The van der Waals surface area contributed by atoms with Gasteiger partial charge in [0.05, 0.1) is 4.11 Å². The third-order valence-electron chi connectivity index (χ3n) is 1.11. The van der Waals surface area contributed by atoms with Crippen LogP contribution in [-0.2, 0) is 6.37 Å². The van der Waals surface area contributed by atoms with Crippen molar-refractivity contribution in [2.75, 3.05) is 0 Å². The fraction of sp³-hybridized carbons (Fsp3) is 0.444. The van der Waals surface area contributed by atoms with E-state index in [0.717, 1.165) is 0 Å². The van der Waals surface area contributed by atoms with Gasteiger partial charge in [-0.15, -0.1) is 0 Å². The molecule has 2 N–H and O–H groups in total. The second-order valence-corrected chi connectivity index (χ2v) is 2.11. The maximum absolute atomic E-state index is 9.24. The number of hydrogen-bond donors (Lipinski definition) is 2. The minimum absolute atomic E-state index is 0.919. The Bertz CT molecular complexity index is 656. The van der Waals surface area contributed by atoms with Crippen LogP contribution in [-0.4, -0.2) is 22.2 Å². The molecule has 70 valence electrons. The fourth-order valence-electron chi connectivity index (χ4n) is 0.638. The Morgan fingerprint density at radius 1 is 1.85 bits per heavy atom. The standard InChI is InChI=1S/C9H14BNO2/c1-7(2)5-9-6-8(10(12)13)3-4-11-9/h3-4,6-7,12-13H,5H2,1-2H3/i1D3,2D3,3D,4D,5D2,6D,7D. The zero-order chi connectivity index (χ0) is 20.2. The monoisotopic (exact) mass is 191 g/mol. The van der Waals surface area contributed by atoms with E-state index in [1.807, 2.05) is 0 Å². The molecule has 1 aromatic heterocycles. The summed E-state index contributed by atoms with van der Waals surface area (Å²) in [6.45, 7) is -7.37. The minimum atomic E-state index is -3.77. The van der Waals surface area contributed by atoms with Gasteiger partial charge in [0.2, 0.25) is 0 Å². The summed E-state index contributed by atoms with van der Waals surface area (Å²) in [6, 6.07) is -2.08. The Morgan fingerprint density at radius 3 is 3.23 bits per heavy atom. The predicted molar refractivity (Wildman–Crippen MR) is 52.6 cm³/mol. The first-order valence-corrected chi connectivity index (χ1v) is 3.25. The molecule has 0 aromatic carbocycles. The van der Waals surface area contributed by atoms with Gasteiger partial charge in [-0.25, -0.2) is 0 Å². The second kappa shape index (κ2) is 4.39. The molecule has 0 aliphatic carbocycles. The summed E-state index contributed by atoms with van der Waals surface area (Å²) in [5.74, 6) is -3.77. The molecule has 4 heteroatoms. The van der Waals surface area contributed by atoms with Crippen LogP contribution in [0.2, 0.25) is 0 Å². The molecule has 0 saturated carbocycles. The number of hydrogen-bond acceptors (Lipinski definition) is 3. The van der Waals surface area contributed by atoms with Gasteiger partial charge in [0, 0.05) is 24.2 Å². The summed E-state index contributed by atoms with van der Waals surface area (Å²) >= 11 is 0. The zero-order valence-corrected chi connectivity index (χ0v) is 6.42. The van der Waals surface area contributed by atoms with Gasteiger partial charge in [-0.3, -0.25) is 4.98 Å². The van der Waals surface area contributed by atoms with Gasteiger partial charge in [0.1, 0.15) is 0 Å². The van der Waals surface area contributed by atoms with Crippen LogP contribution in [0, 0.1) is 5.89 Å². The molecule has 0 atom stereocenters. The Kier molecular flexibility index (Phi) is 0.873. The molecule has 1 rings (SSSR count). The highest BCUT2D eigenvalue weighted by molar-refractivity contribution is 6.58. The number of nitrogens with zero attached hydrogens (tertiary/aromatic N) is 1. The Morgan fingerprint density at radius 2 is 2.62 bits per heavy atom. The molecular weight excluding hydrogens is 165 g/mol. The van der Waals surface area contributed by atoms with Crippen LogP contribution in [0.15, 0.2) is 18.3 Å². The smallest absolute Gasteiger partial charge is 0.423 e. The highest BCUT2D eigenvalue weighted by Crippen LogP contribution is 2.02. The molecule has 0 fully saturated rings. The van der Waals surface area contributed by atoms with Gasteiger partial charge >= 0.3 is 7.12 Å². The third-order valence-corrected chi connectivity index (χ3v) is 1.11. The van der Waals surface area contributed by atoms with E-state index in [1.54, 1.807) is 0 Å². The van der Waals surface area contributed by atoms with Gasteiger partial charge in [0.25, 0.3) is 0 Å². The van der Waals surface area contributed by atoms with Crippen LogP contribution in [0.4, 0.5) is 0 Å². The normalized spacial score (nSPS) is 27.8. The average molecular weight is 191 g/mol. The molecule has 0 spiro atoms. The first-order chi connectivity index (χ1) is 10.9. The van der Waals surface area contributed by atoms with Gasteiger partial charge in [0.15, 0.2) is 0 Å². The molecule has 0 aliphatic heterocycles. The Balaban J connectivity index is 3.91. The van der Waals surface area contributed by atoms with Crippen molar-refractivity contribution in [1.29, 1.82) is 0 Å². The van der Waals surface area contributed by atoms with Crippen molar-refractivity contribution in [3.63, 3.8) is 0 Å². The van der Waals surface area contributed by atoms with Crippen molar-refractivity contribution in [3.05, 3.63) is 24.0 Å². The van der Waals surface area contributed by atoms with E-state index >= 15 is 0 Å². The lowest BCUT2D eigenvalue weighted by Gasteiger charge is -2.05. The van der Waals surface area contributed by atoms with Crippen molar-refractivity contribution in [2.24, 2.45) is 5.89 Å². The van der Waals surface area contributed by atoms with Crippen LogP contribution < -0.4 is 5.46 Å². The first kappa shape index (κ1) is 2.58. The molecule has 0 aliphatic rings. The van der Waals surface area contributed by atoms with Gasteiger partial charge in [-0.2, -0.15) is 0 Å². The lowest BCUT2D eigenvalue weighted by Crippen LogP contribution is -2.30. The summed E-state index contributed by atoms with van der Waals surface area (Å²) < 4.78 is 90.5. The SMILES string of the molecule is [2H]c1nc(C([2H])([2H])C([2H])(C([2H])([2H])[2H])C([2H])([2H])[2H])c([2H])c(B(O)O)c1[2H]. The van der Waals surface area contributed by atoms with Crippen LogP contribution in [0.1, 0.15) is 35.8 Å². The maximum Gasteiger partial charge on any atom is 0.488 e. The Hall–Kier alpha value is -0.865. The molecule has 0 amide bonds. The molecule has 0 unspecified atom stereocenters. The highest BCUT2D eigenvalue weighted by Gasteiger charge is 2.11. The van der Waals surface area contributed by atoms with E-state index < -0.39 is 62.5 Å². The van der Waals surface area contributed by atoms with Crippen molar-refractivity contribution in [2.45, 2.75) is 20.1 Å². The van der Waals surface area contributed by atoms with E-state index in [2.05, 4.69) is 4.98 Å². The van der Waals surface area contributed by atoms with Crippen molar-refractivity contribution in [3.8, 4) is 0 Å². The molecule has 13 heavy (non-hydrogen) atoms. The van der Waals surface area contributed by atoms with E-state index in [9.17, 15) is 10.0 Å². The summed E-state index contributed by atoms with van der Waals surface area (Å²) in [7, 11) is -2.48. The van der Waals surface area contributed by atoms with Gasteiger partial charge in [-0.05, 0) is 29.8 Å². The molecule has 0 saturated heterocycles. The highest BCUT2D eigenvalue weighted by atomic mass is 16.4. The molecule has 0 radical (unpaired) electrons. The van der Waals surface area contributed by atoms with Gasteiger partial charge in [-0.1, -0.05) is 13.7 Å². The average Bonchev–Trinajstić information content (AvgIpc) is 2.38. The molecule has 0 bridgehead atoms. The summed E-state index contributed by atoms with van der Waals surface area (Å²) in [5, 5.41) is 18.5. The van der Waals surface area contributed by atoms with Gasteiger partial charge < -0.3 is 10.0 Å². The largest absolute Gasteiger partial charge is 0.488 e. The predicted octanol–water partition coefficient (Wildman–Crippen LogP) is -0.0401. The van der Waals surface area contributed by atoms with E-state index in [1.165, 1.54) is 0 Å². The van der Waals surface area contributed by atoms with E-state index in [4.69, 9.17) is 16.4 Å². The molecule has 3 nitrogen and oxygen atoms in total. The number of rotatable bonds is 3. The number of aromatic nitrogens is 1. The van der Waals surface area contributed by atoms with Crippen LogP contribution in [0.5, 0.6) is 0 Å². The summed E-state index contributed by atoms with van der Waals surface area (Å²) in [5.41, 5.74) is -2.20. The second-order valence-electron chi connectivity index (χ2n) is 2.11. The van der Waals surface area contributed by atoms with Crippen molar-refractivity contribution < 1.29 is 26.5 Å². The lowest BCUT2D eigenvalue weighted by atomic mass is 9.80. The fourth-order valence-corrected chi connectivity index (χ4v) is 0.638. The maximum atomic E-state index is 9.24. The van der Waals surface area contributed by atoms with E-state index in [-0.39, 0.29) is 0 Å². The number of pyridine rings is 1. The van der Waals surface area contributed by atoms with Crippen molar-refractivity contribution >= 4 is 12.6 Å². The summed E-state index contributed by atoms with van der Waals surface area (Å²) in [6.07, 6.45) is -4.65. The molecule has 1 heterocycles.